The molecule has 15 heteroatoms. The van der Waals surface area contributed by atoms with Gasteiger partial charge in [0.2, 0.25) is 0 Å². The van der Waals surface area contributed by atoms with Gasteiger partial charge in [0.25, 0.3) is 17.6 Å². The monoisotopic (exact) mass is 526 g/mol. The highest BCUT2D eigenvalue weighted by atomic mass is 32.2. The number of β-lactam (4-membered cyclic amide) rings is 1. The minimum Gasteiger partial charge on any atom is -0.477 e. The van der Waals surface area contributed by atoms with Crippen molar-refractivity contribution in [3.8, 4) is 0 Å². The molecule has 0 bridgehead atoms. The summed E-state index contributed by atoms with van der Waals surface area (Å²) in [7, 11) is 0. The van der Waals surface area contributed by atoms with Gasteiger partial charge >= 0.3 is 18.0 Å². The van der Waals surface area contributed by atoms with Crippen molar-refractivity contribution in [2.75, 3.05) is 12.4 Å². The van der Waals surface area contributed by atoms with Crippen LogP contribution in [0.1, 0.15) is 38.2 Å². The third kappa shape index (κ3) is 5.97. The van der Waals surface area contributed by atoms with Gasteiger partial charge in [-0.25, -0.2) is 9.59 Å². The van der Waals surface area contributed by atoms with Gasteiger partial charge in [0.15, 0.2) is 4.80 Å². The number of hydrogen-bond acceptors (Lipinski definition) is 10. The third-order valence-corrected chi connectivity index (χ3v) is 6.66. The third-order valence-electron chi connectivity index (χ3n) is 4.55. The van der Waals surface area contributed by atoms with E-state index in [2.05, 4.69) is 15.3 Å². The van der Waals surface area contributed by atoms with E-state index in [1.165, 1.54) is 24.1 Å². The number of nitrogens with zero attached hydrogens (tertiary/aromatic N) is 2. The highest BCUT2D eigenvalue weighted by Crippen LogP contribution is 2.40. The molecule has 35 heavy (non-hydrogen) atoms. The molecule has 0 saturated carbocycles. The molecule has 0 spiro atoms. The van der Waals surface area contributed by atoms with E-state index < -0.39 is 52.6 Å². The molecule has 3 amide bonds. The molecular formula is C20H22N4O9S2. The molecule has 0 aromatic carbocycles. The van der Waals surface area contributed by atoms with Crippen LogP contribution in [-0.2, 0) is 28.7 Å². The number of fused-ring (bicyclic) bond motifs is 1. The maximum Gasteiger partial charge on any atom is 0.436 e. The number of H-pyrrole nitrogens is 1. The lowest BCUT2D eigenvalue weighted by molar-refractivity contribution is -0.150. The number of amides is 3. The summed E-state index contributed by atoms with van der Waals surface area (Å²) in [6.07, 6.45) is -0.871. The van der Waals surface area contributed by atoms with Gasteiger partial charge in [0.05, 0.1) is 0 Å². The number of carboxylic acid groups (broad SMARTS) is 1. The zero-order valence-electron chi connectivity index (χ0n) is 19.1. The molecule has 1 aromatic heterocycles. The molecule has 1 saturated heterocycles. The fraction of sp³-hybridized carbons (Fsp3) is 0.450. The van der Waals surface area contributed by atoms with Crippen LogP contribution in [0.25, 0.3) is 0 Å². The number of carbonyl (C=O) groups is 6. The predicted molar refractivity (Wildman–Crippen MR) is 121 cm³/mol. The molecule has 3 rings (SSSR count). The Hall–Kier alpha value is -3.46. The summed E-state index contributed by atoms with van der Waals surface area (Å²) in [5, 5.41) is 12.4. The van der Waals surface area contributed by atoms with Gasteiger partial charge in [-0.3, -0.25) is 24.1 Å². The topological polar surface area (TPSA) is 185 Å². The number of esters is 1. The fourth-order valence-electron chi connectivity index (χ4n) is 3.13. The van der Waals surface area contributed by atoms with Crippen LogP contribution in [0.3, 0.4) is 0 Å². The molecule has 2 aliphatic rings. The molecule has 2 atom stereocenters. The zero-order valence-corrected chi connectivity index (χ0v) is 20.7. The maximum atomic E-state index is 12.6. The number of aromatic amines is 1. The predicted octanol–water partition coefficient (Wildman–Crippen LogP) is 0.396. The first-order chi connectivity index (χ1) is 16.3. The van der Waals surface area contributed by atoms with Gasteiger partial charge in [-0.2, -0.15) is 0 Å². The van der Waals surface area contributed by atoms with E-state index >= 15 is 0 Å². The van der Waals surface area contributed by atoms with Gasteiger partial charge < -0.3 is 24.9 Å². The molecule has 13 nitrogen and oxygen atoms in total. The van der Waals surface area contributed by atoms with Crippen LogP contribution >= 0.6 is 23.1 Å². The quantitative estimate of drug-likeness (QED) is 0.203. The number of aromatic nitrogens is 1. The summed E-state index contributed by atoms with van der Waals surface area (Å²) < 4.78 is 9.92. The van der Waals surface area contributed by atoms with E-state index in [-0.39, 0.29) is 34.1 Å². The molecule has 1 unspecified atom stereocenters. The molecular weight excluding hydrogens is 504 g/mol. The van der Waals surface area contributed by atoms with Gasteiger partial charge in [-0.1, -0.05) is 0 Å². The lowest BCUT2D eigenvalue weighted by atomic mass is 10.0. The first-order valence-electron chi connectivity index (χ1n) is 10.1. The minimum atomic E-state index is -1.37. The molecule has 1 aromatic rings. The Balaban J connectivity index is 1.68. The standard InChI is InChI=1S/C20H22N4O9S2/c1-8(25)32-5-9-6-34-16-11(15(28)24(16)12(9)17(29)30)22-14(27)13(26)10-7-35-18(21-10)23-19(31)33-20(2,3)4/h7,11,16H,5-6H2,1-4H3,(H,22,27)(H,29,30)(H,21,23,31)/t11?,16-/m0/s1. The van der Waals surface area contributed by atoms with E-state index in [0.717, 1.165) is 16.2 Å². The van der Waals surface area contributed by atoms with Crippen molar-refractivity contribution < 1.29 is 43.3 Å². The highest BCUT2D eigenvalue weighted by molar-refractivity contribution is 8.00. The van der Waals surface area contributed by atoms with Crippen LogP contribution < -0.4 is 10.1 Å². The van der Waals surface area contributed by atoms with Crippen LogP contribution in [0.4, 0.5) is 4.79 Å². The van der Waals surface area contributed by atoms with Crippen LogP contribution in [-0.4, -0.2) is 80.0 Å². The number of thioether (sulfide) groups is 1. The average Bonchev–Trinajstić information content (AvgIpc) is 3.20. The molecule has 1 fully saturated rings. The first kappa shape index (κ1) is 26.2. The fourth-order valence-corrected chi connectivity index (χ4v) is 5.15. The van der Waals surface area contributed by atoms with Crippen LogP contribution in [0.15, 0.2) is 21.6 Å². The SMILES string of the molecule is CC(=O)OCC1=C(C(=O)O)N2C(=O)C(NC(=O)C(=O)c3csc(=NC(=O)OC(C)(C)C)[nH]3)[C@@H]2SC1. The smallest absolute Gasteiger partial charge is 0.436 e. The second-order valence-electron chi connectivity index (χ2n) is 8.40. The lowest BCUT2D eigenvalue weighted by Gasteiger charge is -2.49. The van der Waals surface area contributed by atoms with Gasteiger partial charge in [0.1, 0.15) is 35.0 Å². The van der Waals surface area contributed by atoms with Crippen LogP contribution in [0.2, 0.25) is 0 Å². The van der Waals surface area contributed by atoms with E-state index in [0.29, 0.717) is 0 Å². The summed E-state index contributed by atoms with van der Waals surface area (Å²) >= 11 is 2.07. The van der Waals surface area contributed by atoms with Crippen molar-refractivity contribution in [2.45, 2.75) is 44.7 Å². The number of thiazole rings is 1. The van der Waals surface area contributed by atoms with E-state index in [1.807, 2.05) is 0 Å². The van der Waals surface area contributed by atoms with E-state index in [1.54, 1.807) is 20.8 Å². The number of rotatable bonds is 6. The molecule has 188 valence electrons. The minimum absolute atomic E-state index is 0.0423. The van der Waals surface area contributed by atoms with Crippen molar-refractivity contribution in [2.24, 2.45) is 4.99 Å². The van der Waals surface area contributed by atoms with Crippen molar-refractivity contribution in [1.29, 1.82) is 0 Å². The van der Waals surface area contributed by atoms with Gasteiger partial charge in [-0.15, -0.1) is 28.1 Å². The van der Waals surface area contributed by atoms with E-state index in [4.69, 9.17) is 9.47 Å². The Kier molecular flexibility index (Phi) is 7.50. The molecule has 0 radical (unpaired) electrons. The summed E-state index contributed by atoms with van der Waals surface area (Å²) in [6.45, 7) is 5.90. The normalized spacial score (nSPS) is 20.1. The number of hydrogen-bond donors (Lipinski definition) is 3. The van der Waals surface area contributed by atoms with Crippen LogP contribution in [0.5, 0.6) is 0 Å². The van der Waals surface area contributed by atoms with E-state index in [9.17, 15) is 33.9 Å². The van der Waals surface area contributed by atoms with Gasteiger partial charge in [0, 0.05) is 23.6 Å². The first-order valence-corrected chi connectivity index (χ1v) is 12.1. The Morgan fingerprint density at radius 1 is 1.29 bits per heavy atom. The summed E-state index contributed by atoms with van der Waals surface area (Å²) in [6, 6.07) is -1.12. The molecule has 2 aliphatic heterocycles. The van der Waals surface area contributed by atoms with Crippen LogP contribution in [0, 0.1) is 0 Å². The number of ketones is 1. The number of carbonyl (C=O) groups excluding carboxylic acids is 5. The van der Waals surface area contributed by atoms with Crippen molar-refractivity contribution >= 4 is 58.7 Å². The Morgan fingerprint density at radius 3 is 2.57 bits per heavy atom. The molecule has 3 heterocycles. The van der Waals surface area contributed by atoms with Crippen molar-refractivity contribution in [3.63, 3.8) is 0 Å². The lowest BCUT2D eigenvalue weighted by Crippen LogP contribution is -2.71. The summed E-state index contributed by atoms with van der Waals surface area (Å²) in [5.41, 5.74) is -0.966. The summed E-state index contributed by atoms with van der Waals surface area (Å²) in [4.78, 5) is 79.5. The number of aliphatic carboxylic acids is 1. The summed E-state index contributed by atoms with van der Waals surface area (Å²) in [5.74, 6) is -4.62. The number of nitrogens with one attached hydrogen (secondary N) is 2. The average molecular weight is 527 g/mol. The number of ether oxygens (including phenoxy) is 2. The maximum absolute atomic E-state index is 12.6. The van der Waals surface area contributed by atoms with Crippen molar-refractivity contribution in [3.05, 3.63) is 27.1 Å². The van der Waals surface area contributed by atoms with Crippen molar-refractivity contribution in [1.82, 2.24) is 15.2 Å². The second-order valence-corrected chi connectivity index (χ2v) is 10.4. The Bertz CT molecular complexity index is 1210. The molecule has 3 N–H and O–H groups in total. The number of Topliss-reactive ketones (excluding diaryl/α,β-unsaturated/α-hetero) is 1. The second kappa shape index (κ2) is 10.0. The largest absolute Gasteiger partial charge is 0.477 e. The number of carboxylic acids is 1. The van der Waals surface area contributed by atoms with Gasteiger partial charge in [-0.05, 0) is 20.8 Å². The Morgan fingerprint density at radius 2 is 1.97 bits per heavy atom. The molecule has 0 aliphatic carbocycles. The Labute approximate surface area is 206 Å². The highest BCUT2D eigenvalue weighted by Gasteiger charge is 2.54. The zero-order chi connectivity index (χ0) is 26.1.